The summed E-state index contributed by atoms with van der Waals surface area (Å²) in [5.41, 5.74) is -6.46. The fraction of sp³-hybridized carbons (Fsp3) is 0.708. The molecular weight excluding hydrogens is 438 g/mol. The van der Waals surface area contributed by atoms with Gasteiger partial charge >= 0.3 is 5.97 Å². The molecule has 0 heterocycles. The van der Waals surface area contributed by atoms with E-state index < -0.39 is 69.0 Å². The van der Waals surface area contributed by atoms with Crippen molar-refractivity contribution < 1.29 is 33.0 Å². The Morgan fingerprint density at radius 3 is 2.53 bits per heavy atom. The molecule has 0 radical (unpaired) electrons. The minimum atomic E-state index is -2.24. The average Bonchev–Trinajstić information content (AvgIpc) is 2.93. The molecule has 5 nitrogen and oxygen atoms in total. The first-order chi connectivity index (χ1) is 14.8. The number of ketones is 1. The molecular formula is C24H30F2O5S. The van der Waals surface area contributed by atoms with Gasteiger partial charge in [0.25, 0.3) is 0 Å². The van der Waals surface area contributed by atoms with Crippen molar-refractivity contribution in [1.82, 2.24) is 0 Å². The molecule has 4 rings (SSSR count). The van der Waals surface area contributed by atoms with Gasteiger partial charge in [-0.05, 0) is 49.8 Å². The maximum Gasteiger partial charge on any atom is 0.306 e. The second-order valence-electron chi connectivity index (χ2n) is 10.4. The number of alkyl halides is 2. The van der Waals surface area contributed by atoms with E-state index in [0.717, 1.165) is 6.08 Å². The summed E-state index contributed by atoms with van der Waals surface area (Å²) in [6.07, 6.45) is 0.619. The molecule has 1 unspecified atom stereocenters. The number of aliphatic hydroxyl groups is 1. The molecule has 0 aromatic carbocycles. The number of allylic oxidation sites excluding steroid dienone is 4. The van der Waals surface area contributed by atoms with Crippen LogP contribution in [0.4, 0.5) is 8.78 Å². The fourth-order valence-corrected chi connectivity index (χ4v) is 8.01. The predicted octanol–water partition coefficient (Wildman–Crippen LogP) is 3.70. The number of rotatable bonds is 3. The highest BCUT2D eigenvalue weighted by atomic mass is 32.1. The van der Waals surface area contributed by atoms with Crippen LogP contribution in [0.3, 0.4) is 0 Å². The molecule has 9 atom stereocenters. The largest absolute Gasteiger partial charge is 0.449 e. The number of carbonyl (C=O) groups is 3. The van der Waals surface area contributed by atoms with Gasteiger partial charge in [-0.15, -0.1) is 12.6 Å². The third kappa shape index (κ3) is 2.62. The van der Waals surface area contributed by atoms with E-state index in [9.17, 15) is 19.5 Å². The van der Waals surface area contributed by atoms with Crippen LogP contribution < -0.4 is 0 Å². The Morgan fingerprint density at radius 1 is 1.28 bits per heavy atom. The number of halogens is 2. The SMILES string of the molecule is CCC(=O)O[C@]1(C(=O)S)[C@H](C)C[C@H]2[C@@H]3C[C@H](F)C4=CC(=O)C=C[C@]4(C)[C@@]3(F)C(O)C[C@@]21C. The molecule has 3 fully saturated rings. The van der Waals surface area contributed by atoms with Gasteiger partial charge in [-0.2, -0.15) is 0 Å². The lowest BCUT2D eigenvalue weighted by Gasteiger charge is -2.63. The highest BCUT2D eigenvalue weighted by Crippen LogP contribution is 2.71. The minimum Gasteiger partial charge on any atom is -0.449 e. The Balaban J connectivity index is 1.87. The Morgan fingerprint density at radius 2 is 1.94 bits per heavy atom. The molecule has 0 bridgehead atoms. The Bertz CT molecular complexity index is 949. The van der Waals surface area contributed by atoms with Crippen LogP contribution in [0, 0.1) is 28.6 Å². The highest BCUT2D eigenvalue weighted by molar-refractivity contribution is 7.96. The van der Waals surface area contributed by atoms with Crippen molar-refractivity contribution in [2.24, 2.45) is 28.6 Å². The first-order valence-corrected chi connectivity index (χ1v) is 11.7. The van der Waals surface area contributed by atoms with E-state index >= 15 is 8.78 Å². The van der Waals surface area contributed by atoms with Crippen LogP contribution in [0.2, 0.25) is 0 Å². The Kier molecular flexibility index (Phi) is 5.33. The summed E-state index contributed by atoms with van der Waals surface area (Å²) in [5, 5.41) is 10.7. The van der Waals surface area contributed by atoms with Gasteiger partial charge in [0.15, 0.2) is 17.1 Å². The molecule has 8 heteroatoms. The zero-order valence-electron chi connectivity index (χ0n) is 18.7. The lowest BCUT2D eigenvalue weighted by atomic mass is 9.44. The topological polar surface area (TPSA) is 80.7 Å². The summed E-state index contributed by atoms with van der Waals surface area (Å²) in [7, 11) is 0. The summed E-state index contributed by atoms with van der Waals surface area (Å²) in [4.78, 5) is 37.2. The number of hydrogen-bond acceptors (Lipinski definition) is 5. The predicted molar refractivity (Wildman–Crippen MR) is 116 cm³/mol. The van der Waals surface area contributed by atoms with E-state index in [1.165, 1.54) is 19.1 Å². The number of fused-ring (bicyclic) bond motifs is 5. The van der Waals surface area contributed by atoms with E-state index in [0.29, 0.717) is 6.42 Å². The number of hydrogen-bond donors (Lipinski definition) is 2. The zero-order chi connectivity index (χ0) is 23.9. The second kappa shape index (κ2) is 7.23. The minimum absolute atomic E-state index is 0.0476. The summed E-state index contributed by atoms with van der Waals surface area (Å²) < 4.78 is 38.3. The molecule has 176 valence electrons. The summed E-state index contributed by atoms with van der Waals surface area (Å²) in [6.45, 7) is 6.62. The van der Waals surface area contributed by atoms with Gasteiger partial charge in [-0.3, -0.25) is 14.4 Å². The van der Waals surface area contributed by atoms with Gasteiger partial charge in [0, 0.05) is 29.1 Å². The smallest absolute Gasteiger partial charge is 0.306 e. The molecule has 4 aliphatic carbocycles. The van der Waals surface area contributed by atoms with Crippen molar-refractivity contribution in [2.75, 3.05) is 0 Å². The van der Waals surface area contributed by atoms with Gasteiger partial charge in [-0.25, -0.2) is 8.78 Å². The molecule has 1 N–H and O–H groups in total. The maximum absolute atomic E-state index is 17.1. The highest BCUT2D eigenvalue weighted by Gasteiger charge is 2.77. The summed E-state index contributed by atoms with van der Waals surface area (Å²) in [6, 6.07) is 0. The monoisotopic (exact) mass is 468 g/mol. The van der Waals surface area contributed by atoms with Crippen LogP contribution in [-0.2, 0) is 19.1 Å². The molecule has 3 saturated carbocycles. The van der Waals surface area contributed by atoms with Crippen molar-refractivity contribution in [3.05, 3.63) is 23.8 Å². The third-order valence-electron chi connectivity index (χ3n) is 9.05. The molecule has 0 aromatic rings. The summed E-state index contributed by atoms with van der Waals surface area (Å²) in [5.74, 6) is -2.94. The second-order valence-corrected chi connectivity index (χ2v) is 10.8. The summed E-state index contributed by atoms with van der Waals surface area (Å²) >= 11 is 4.09. The van der Waals surface area contributed by atoms with E-state index in [1.807, 2.05) is 0 Å². The number of aliphatic hydroxyl groups excluding tert-OH is 1. The lowest BCUT2D eigenvalue weighted by Crippen LogP contribution is -2.70. The van der Waals surface area contributed by atoms with Crippen LogP contribution in [-0.4, -0.2) is 45.5 Å². The number of esters is 1. The van der Waals surface area contributed by atoms with E-state index in [1.54, 1.807) is 20.8 Å². The van der Waals surface area contributed by atoms with Crippen molar-refractivity contribution in [3.8, 4) is 0 Å². The normalized spacial score (nSPS) is 49.6. The fourth-order valence-electron chi connectivity index (χ4n) is 7.49. The lowest BCUT2D eigenvalue weighted by molar-refractivity contribution is -0.228. The molecule has 4 aliphatic rings. The number of thiol groups is 1. The Labute approximate surface area is 192 Å². The molecule has 0 amide bonds. The molecule has 0 saturated heterocycles. The maximum atomic E-state index is 17.1. The van der Waals surface area contributed by atoms with Gasteiger partial charge in [0.2, 0.25) is 5.12 Å². The molecule has 0 spiro atoms. The molecule has 0 aliphatic heterocycles. The van der Waals surface area contributed by atoms with Crippen LogP contribution in [0.15, 0.2) is 23.8 Å². The first-order valence-electron chi connectivity index (χ1n) is 11.2. The molecule has 0 aromatic heterocycles. The zero-order valence-corrected chi connectivity index (χ0v) is 19.6. The Hall–Kier alpha value is -1.54. The first kappa shape index (κ1) is 23.6. The standard InChI is InChI=1S/C24H30F2O5S/c1-5-19(29)31-24(20(30)32)12(2)8-14-15-10-17(25)16-9-13(27)6-7-21(16,3)23(15,26)18(28)11-22(14,24)4/h6-7,9,12,14-15,17-18,28H,5,8,10-11H2,1-4H3,(H,30,32)/t12-,14+,15+,17+,18?,21+,22+,23+,24+/m1/s1. The van der Waals surface area contributed by atoms with Gasteiger partial charge in [-0.1, -0.05) is 26.8 Å². The van der Waals surface area contributed by atoms with E-state index in [2.05, 4.69) is 12.6 Å². The van der Waals surface area contributed by atoms with Crippen molar-refractivity contribution in [2.45, 2.75) is 76.9 Å². The van der Waals surface area contributed by atoms with E-state index in [-0.39, 0.29) is 24.8 Å². The van der Waals surface area contributed by atoms with Crippen LogP contribution in [0.25, 0.3) is 0 Å². The van der Waals surface area contributed by atoms with Crippen LogP contribution in [0.5, 0.6) is 0 Å². The average molecular weight is 469 g/mol. The van der Waals surface area contributed by atoms with Crippen molar-refractivity contribution in [1.29, 1.82) is 0 Å². The van der Waals surface area contributed by atoms with Crippen LogP contribution >= 0.6 is 12.6 Å². The quantitative estimate of drug-likeness (QED) is 0.488. The van der Waals surface area contributed by atoms with Gasteiger partial charge in [0.1, 0.15) is 6.17 Å². The van der Waals surface area contributed by atoms with Crippen molar-refractivity contribution in [3.63, 3.8) is 0 Å². The van der Waals surface area contributed by atoms with Crippen molar-refractivity contribution >= 4 is 29.5 Å². The third-order valence-corrected chi connectivity index (χ3v) is 9.38. The van der Waals surface area contributed by atoms with Gasteiger partial charge in [0.05, 0.1) is 6.10 Å². The number of ether oxygens (including phenoxy) is 1. The van der Waals surface area contributed by atoms with Crippen LogP contribution in [0.1, 0.15) is 53.4 Å². The molecule has 32 heavy (non-hydrogen) atoms. The number of carbonyl (C=O) groups excluding carboxylic acids is 3. The van der Waals surface area contributed by atoms with Gasteiger partial charge < -0.3 is 9.84 Å². The van der Waals surface area contributed by atoms with E-state index in [4.69, 9.17) is 4.74 Å².